The predicted octanol–water partition coefficient (Wildman–Crippen LogP) is 2.67. The fourth-order valence-corrected chi connectivity index (χ4v) is 4.38. The van der Waals surface area contributed by atoms with Crippen molar-refractivity contribution in [2.45, 2.75) is 4.90 Å². The summed E-state index contributed by atoms with van der Waals surface area (Å²) >= 11 is 5.85. The molecule has 1 fully saturated rings. The highest BCUT2D eigenvalue weighted by Gasteiger charge is 2.28. The number of nitrogens with zero attached hydrogens (tertiary/aromatic N) is 2. The van der Waals surface area contributed by atoms with E-state index >= 15 is 0 Å². The van der Waals surface area contributed by atoms with Crippen molar-refractivity contribution in [3.05, 3.63) is 58.9 Å². The highest BCUT2D eigenvalue weighted by Crippen LogP contribution is 2.23. The number of sulfonamides is 1. The average molecular weight is 412 g/mol. The molecule has 0 bridgehead atoms. The third-order valence-corrected chi connectivity index (χ3v) is 6.51. The van der Waals surface area contributed by atoms with Gasteiger partial charge in [0.05, 0.1) is 10.6 Å². The number of nitrogens with one attached hydrogen (secondary N) is 1. The molecule has 0 radical (unpaired) electrons. The molecule has 2 aromatic rings. The van der Waals surface area contributed by atoms with E-state index in [0.29, 0.717) is 31.2 Å². The van der Waals surface area contributed by atoms with Gasteiger partial charge in [-0.2, -0.15) is 4.31 Å². The lowest BCUT2D eigenvalue weighted by Gasteiger charge is -2.31. The highest BCUT2D eigenvalue weighted by atomic mass is 35.5. The number of rotatable bonds is 4. The molecule has 0 unspecified atom stereocenters. The molecule has 1 saturated heterocycles. The molecule has 0 spiro atoms. The minimum atomic E-state index is -3.77. The predicted molar refractivity (Wildman–Crippen MR) is 102 cm³/mol. The minimum Gasteiger partial charge on any atom is -0.319 e. The van der Waals surface area contributed by atoms with Gasteiger partial charge in [-0.1, -0.05) is 17.7 Å². The lowest BCUT2D eigenvalue weighted by Crippen LogP contribution is -2.47. The topological polar surface area (TPSA) is 69.7 Å². The maximum atomic E-state index is 14.4. The summed E-state index contributed by atoms with van der Waals surface area (Å²) < 4.78 is 41.1. The van der Waals surface area contributed by atoms with Gasteiger partial charge in [0, 0.05) is 36.8 Å². The molecule has 1 heterocycles. The van der Waals surface area contributed by atoms with Crippen LogP contribution in [0, 0.1) is 5.82 Å². The van der Waals surface area contributed by atoms with E-state index in [9.17, 15) is 17.6 Å². The number of likely N-dealkylation sites (N-methyl/N-ethyl adjacent to an activating group) is 1. The standard InChI is InChI=1S/C18H19ClFN3O3S/c1-22-7-9-23(10-8-22)27(25,26)15-5-6-17(16(20)12-15)21-18(24)13-3-2-4-14(19)11-13/h2-6,11-12H,7-10H2,1H3,(H,21,24). The first-order valence-corrected chi connectivity index (χ1v) is 10.1. The van der Waals surface area contributed by atoms with Gasteiger partial charge in [0.1, 0.15) is 5.82 Å². The van der Waals surface area contributed by atoms with Gasteiger partial charge in [0.2, 0.25) is 10.0 Å². The largest absolute Gasteiger partial charge is 0.319 e. The number of hydrogen-bond acceptors (Lipinski definition) is 4. The van der Waals surface area contributed by atoms with Gasteiger partial charge < -0.3 is 10.2 Å². The minimum absolute atomic E-state index is 0.0997. The van der Waals surface area contributed by atoms with Crippen molar-refractivity contribution in [3.63, 3.8) is 0 Å². The van der Waals surface area contributed by atoms with Crippen molar-refractivity contribution in [2.24, 2.45) is 0 Å². The van der Waals surface area contributed by atoms with Crippen LogP contribution < -0.4 is 5.32 Å². The summed E-state index contributed by atoms with van der Waals surface area (Å²) in [6.45, 7) is 1.95. The first kappa shape index (κ1) is 19.8. The molecule has 1 aliphatic heterocycles. The van der Waals surface area contributed by atoms with Crippen molar-refractivity contribution < 1.29 is 17.6 Å². The zero-order chi connectivity index (χ0) is 19.6. The Kier molecular flexibility index (Phi) is 5.81. The van der Waals surface area contributed by atoms with Crippen molar-refractivity contribution in [1.82, 2.24) is 9.21 Å². The molecule has 0 aliphatic carbocycles. The van der Waals surface area contributed by atoms with Crippen molar-refractivity contribution in [1.29, 1.82) is 0 Å². The summed E-state index contributed by atoms with van der Waals surface area (Å²) in [7, 11) is -1.86. The molecule has 27 heavy (non-hydrogen) atoms. The van der Waals surface area contributed by atoms with E-state index in [1.807, 2.05) is 11.9 Å². The SMILES string of the molecule is CN1CCN(S(=O)(=O)c2ccc(NC(=O)c3cccc(Cl)c3)c(F)c2)CC1. The first-order valence-electron chi connectivity index (χ1n) is 8.32. The van der Waals surface area contributed by atoms with E-state index in [1.165, 1.54) is 22.5 Å². The summed E-state index contributed by atoms with van der Waals surface area (Å²) in [5.41, 5.74) is 0.174. The Morgan fingerprint density at radius 3 is 2.44 bits per heavy atom. The fourth-order valence-electron chi connectivity index (χ4n) is 2.76. The van der Waals surface area contributed by atoms with Crippen LogP contribution in [0.2, 0.25) is 5.02 Å². The monoisotopic (exact) mass is 411 g/mol. The van der Waals surface area contributed by atoms with E-state index < -0.39 is 21.7 Å². The van der Waals surface area contributed by atoms with Crippen molar-refractivity contribution >= 4 is 33.2 Å². The average Bonchev–Trinajstić information content (AvgIpc) is 2.63. The van der Waals surface area contributed by atoms with E-state index in [4.69, 9.17) is 11.6 Å². The van der Waals surface area contributed by atoms with Crippen LogP contribution in [0.1, 0.15) is 10.4 Å². The summed E-state index contributed by atoms with van der Waals surface area (Å²) in [6.07, 6.45) is 0. The Labute approximate surface area is 162 Å². The number of piperazine rings is 1. The van der Waals surface area contributed by atoms with E-state index in [2.05, 4.69) is 5.32 Å². The van der Waals surface area contributed by atoms with Gasteiger partial charge in [-0.15, -0.1) is 0 Å². The third-order valence-electron chi connectivity index (χ3n) is 4.38. The summed E-state index contributed by atoms with van der Waals surface area (Å²) in [5, 5.41) is 2.82. The normalized spacial score (nSPS) is 16.3. The van der Waals surface area contributed by atoms with Crippen LogP contribution >= 0.6 is 11.6 Å². The maximum Gasteiger partial charge on any atom is 0.255 e. The molecule has 1 aliphatic rings. The molecule has 3 rings (SSSR count). The molecule has 9 heteroatoms. The molecule has 144 valence electrons. The van der Waals surface area contributed by atoms with Gasteiger partial charge in [-0.3, -0.25) is 4.79 Å². The third kappa shape index (κ3) is 4.47. The number of carbonyl (C=O) groups is 1. The quantitative estimate of drug-likeness (QED) is 0.839. The zero-order valence-corrected chi connectivity index (χ0v) is 16.2. The van der Waals surface area contributed by atoms with Gasteiger partial charge in [0.15, 0.2) is 0 Å². The summed E-state index contributed by atoms with van der Waals surface area (Å²) in [4.78, 5) is 14.1. The molecule has 2 aromatic carbocycles. The summed E-state index contributed by atoms with van der Waals surface area (Å²) in [5.74, 6) is -1.35. The van der Waals surface area contributed by atoms with E-state index in [-0.39, 0.29) is 16.1 Å². The number of amides is 1. The van der Waals surface area contributed by atoms with Crippen LogP contribution in [0.5, 0.6) is 0 Å². The smallest absolute Gasteiger partial charge is 0.255 e. The lowest BCUT2D eigenvalue weighted by atomic mass is 10.2. The lowest BCUT2D eigenvalue weighted by molar-refractivity contribution is 0.102. The van der Waals surface area contributed by atoms with Gasteiger partial charge in [0.25, 0.3) is 5.91 Å². The van der Waals surface area contributed by atoms with Gasteiger partial charge in [-0.05, 0) is 43.4 Å². The number of halogens is 2. The molecule has 1 N–H and O–H groups in total. The first-order chi connectivity index (χ1) is 12.8. The second-order valence-electron chi connectivity index (χ2n) is 6.31. The number of anilines is 1. The Bertz CT molecular complexity index is 960. The molecule has 0 atom stereocenters. The Morgan fingerprint density at radius 2 is 1.81 bits per heavy atom. The second kappa shape index (κ2) is 7.93. The number of carbonyl (C=O) groups excluding carboxylic acids is 1. The van der Waals surface area contributed by atoms with Gasteiger partial charge in [-0.25, -0.2) is 12.8 Å². The zero-order valence-electron chi connectivity index (χ0n) is 14.7. The van der Waals surface area contributed by atoms with Crippen molar-refractivity contribution in [2.75, 3.05) is 38.5 Å². The van der Waals surface area contributed by atoms with Crippen LogP contribution in [0.15, 0.2) is 47.4 Å². The van der Waals surface area contributed by atoms with E-state index in [0.717, 1.165) is 6.07 Å². The van der Waals surface area contributed by atoms with Gasteiger partial charge >= 0.3 is 0 Å². The molecular formula is C18H19ClFN3O3S. The van der Waals surface area contributed by atoms with E-state index in [1.54, 1.807) is 18.2 Å². The highest BCUT2D eigenvalue weighted by molar-refractivity contribution is 7.89. The molecular weight excluding hydrogens is 393 g/mol. The van der Waals surface area contributed by atoms with Crippen LogP contribution in [0.4, 0.5) is 10.1 Å². The van der Waals surface area contributed by atoms with Crippen LogP contribution in [-0.2, 0) is 10.0 Å². The molecule has 0 saturated carbocycles. The second-order valence-corrected chi connectivity index (χ2v) is 8.69. The Morgan fingerprint density at radius 1 is 1.11 bits per heavy atom. The summed E-state index contributed by atoms with van der Waals surface area (Å²) in [6, 6.07) is 9.72. The molecule has 6 nitrogen and oxygen atoms in total. The number of hydrogen-bond donors (Lipinski definition) is 1. The van der Waals surface area contributed by atoms with Crippen molar-refractivity contribution in [3.8, 4) is 0 Å². The fraction of sp³-hybridized carbons (Fsp3) is 0.278. The Balaban J connectivity index is 1.78. The van der Waals surface area contributed by atoms with Crippen LogP contribution in [0.3, 0.4) is 0 Å². The molecule has 1 amide bonds. The maximum absolute atomic E-state index is 14.4. The molecule has 0 aromatic heterocycles. The number of benzene rings is 2. The van der Waals surface area contributed by atoms with Crippen LogP contribution in [0.25, 0.3) is 0 Å². The Hall–Kier alpha value is -2.00. The van der Waals surface area contributed by atoms with Crippen LogP contribution in [-0.4, -0.2) is 56.8 Å².